The summed E-state index contributed by atoms with van der Waals surface area (Å²) in [5, 5.41) is 14.4. The van der Waals surface area contributed by atoms with E-state index in [1.807, 2.05) is 19.9 Å². The number of ether oxygens (including phenoxy) is 5. The van der Waals surface area contributed by atoms with Crippen molar-refractivity contribution in [2.45, 2.75) is 83.3 Å². The number of rotatable bonds is 7. The molecule has 4 unspecified atom stereocenters. The van der Waals surface area contributed by atoms with Crippen molar-refractivity contribution in [1.29, 1.82) is 0 Å². The van der Waals surface area contributed by atoms with E-state index in [1.165, 1.54) is 7.11 Å². The normalized spacial score (nSPS) is 38.8. The van der Waals surface area contributed by atoms with Gasteiger partial charge in [-0.15, -0.1) is 0 Å². The van der Waals surface area contributed by atoms with Gasteiger partial charge in [0.15, 0.2) is 18.7 Å². The van der Waals surface area contributed by atoms with Crippen LogP contribution in [0.1, 0.15) is 44.5 Å². The fourth-order valence-corrected chi connectivity index (χ4v) is 4.50. The molecule has 182 valence electrons. The van der Waals surface area contributed by atoms with Crippen LogP contribution in [0.5, 0.6) is 0 Å². The van der Waals surface area contributed by atoms with Crippen LogP contribution < -0.4 is 0 Å². The first-order valence-corrected chi connectivity index (χ1v) is 11.3. The smallest absolute Gasteiger partial charge is 0.338 e. The topological polar surface area (TPSA) is 132 Å². The SMILES string of the molecule is CCC1O[C@@H](OC)C(N=[N+]=[N-])[C@@H](C)[C@H]1O[C@@H]1OC(C)[C@H](O)[C@H](C)C1OC(=O)c1ccccc1. The van der Waals surface area contributed by atoms with E-state index in [2.05, 4.69) is 10.0 Å². The predicted octanol–water partition coefficient (Wildman–Crippen LogP) is 3.44. The molecule has 10 atom stereocenters. The van der Waals surface area contributed by atoms with Crippen molar-refractivity contribution in [2.24, 2.45) is 17.0 Å². The molecule has 0 saturated carbocycles. The summed E-state index contributed by atoms with van der Waals surface area (Å²) in [5.74, 6) is -1.24. The van der Waals surface area contributed by atoms with Crippen molar-refractivity contribution in [1.82, 2.24) is 0 Å². The Balaban J connectivity index is 1.85. The highest BCUT2D eigenvalue weighted by atomic mass is 16.7. The Labute approximate surface area is 193 Å². The van der Waals surface area contributed by atoms with Crippen LogP contribution in [0.2, 0.25) is 0 Å². The first-order valence-electron chi connectivity index (χ1n) is 11.3. The number of benzene rings is 1. The second-order valence-corrected chi connectivity index (χ2v) is 8.64. The molecule has 2 fully saturated rings. The summed E-state index contributed by atoms with van der Waals surface area (Å²) in [7, 11) is 1.50. The lowest BCUT2D eigenvalue weighted by Gasteiger charge is -2.47. The summed E-state index contributed by atoms with van der Waals surface area (Å²) < 4.78 is 29.5. The van der Waals surface area contributed by atoms with Crippen LogP contribution in [0, 0.1) is 11.8 Å². The van der Waals surface area contributed by atoms with Crippen LogP contribution in [0.15, 0.2) is 35.4 Å². The maximum absolute atomic E-state index is 12.8. The summed E-state index contributed by atoms with van der Waals surface area (Å²) in [6.07, 6.45) is -4.12. The molecule has 2 aliphatic heterocycles. The molecule has 0 radical (unpaired) electrons. The van der Waals surface area contributed by atoms with E-state index in [0.717, 1.165) is 0 Å². The molecule has 2 aliphatic rings. The van der Waals surface area contributed by atoms with Crippen LogP contribution >= 0.6 is 0 Å². The third-order valence-corrected chi connectivity index (χ3v) is 6.53. The molecule has 10 heteroatoms. The first kappa shape index (κ1) is 25.4. The van der Waals surface area contributed by atoms with Crippen molar-refractivity contribution < 1.29 is 33.6 Å². The van der Waals surface area contributed by atoms with E-state index in [-0.39, 0.29) is 12.0 Å². The Morgan fingerprint density at radius 1 is 1.12 bits per heavy atom. The maximum Gasteiger partial charge on any atom is 0.338 e. The fourth-order valence-electron chi connectivity index (χ4n) is 4.50. The molecule has 1 N–H and O–H groups in total. The zero-order valence-corrected chi connectivity index (χ0v) is 19.6. The Kier molecular flexibility index (Phi) is 8.69. The summed E-state index contributed by atoms with van der Waals surface area (Å²) >= 11 is 0. The highest BCUT2D eigenvalue weighted by Gasteiger charge is 2.49. The predicted molar refractivity (Wildman–Crippen MR) is 118 cm³/mol. The molecule has 0 aliphatic carbocycles. The van der Waals surface area contributed by atoms with Crippen LogP contribution in [0.25, 0.3) is 10.4 Å². The highest BCUT2D eigenvalue weighted by molar-refractivity contribution is 5.89. The van der Waals surface area contributed by atoms with Crippen LogP contribution in [-0.4, -0.2) is 67.3 Å². The largest absolute Gasteiger partial charge is 0.453 e. The van der Waals surface area contributed by atoms with E-state index in [0.29, 0.717) is 12.0 Å². The molecule has 2 heterocycles. The quantitative estimate of drug-likeness (QED) is 0.283. The Morgan fingerprint density at radius 2 is 1.82 bits per heavy atom. The summed E-state index contributed by atoms with van der Waals surface area (Å²) in [5.41, 5.74) is 9.42. The molecule has 1 aromatic rings. The van der Waals surface area contributed by atoms with Crippen molar-refractivity contribution in [2.75, 3.05) is 7.11 Å². The number of carbonyl (C=O) groups excluding carboxylic acids is 1. The number of methoxy groups -OCH3 is 1. The number of hydrogen-bond acceptors (Lipinski definition) is 8. The Morgan fingerprint density at radius 3 is 2.42 bits per heavy atom. The van der Waals surface area contributed by atoms with E-state index >= 15 is 0 Å². The molecule has 0 aromatic heterocycles. The van der Waals surface area contributed by atoms with E-state index in [1.54, 1.807) is 38.1 Å². The molecule has 1 aromatic carbocycles. The monoisotopic (exact) mass is 463 g/mol. The van der Waals surface area contributed by atoms with E-state index < -0.39 is 54.9 Å². The van der Waals surface area contributed by atoms with Crippen LogP contribution in [-0.2, 0) is 23.7 Å². The molecule has 2 saturated heterocycles. The van der Waals surface area contributed by atoms with Gasteiger partial charge >= 0.3 is 5.97 Å². The standard InChI is InChI=1S/C23H33N3O7/c1-6-16-19(12(2)17(25-26-24)22(29-5)31-16)33-23-20(13(3)18(27)14(4)30-23)32-21(28)15-10-8-7-9-11-15/h7-14,16-20,22-23,27H,6H2,1-5H3/t12-,13+,14?,16?,17?,18-,19-,20?,22-,23+/m1/s1. The molecule has 0 spiro atoms. The Hall–Kier alpha value is -2.20. The number of carbonyl (C=O) groups is 1. The van der Waals surface area contributed by atoms with Crippen LogP contribution in [0.3, 0.4) is 0 Å². The second-order valence-electron chi connectivity index (χ2n) is 8.64. The van der Waals surface area contributed by atoms with Gasteiger partial charge in [0.05, 0.1) is 36.0 Å². The van der Waals surface area contributed by atoms with E-state index in [9.17, 15) is 9.90 Å². The van der Waals surface area contributed by atoms with Crippen molar-refractivity contribution in [3.8, 4) is 0 Å². The van der Waals surface area contributed by atoms with Crippen LogP contribution in [0.4, 0.5) is 0 Å². The summed E-state index contributed by atoms with van der Waals surface area (Å²) in [6.45, 7) is 7.40. The fraction of sp³-hybridized carbons (Fsp3) is 0.696. The maximum atomic E-state index is 12.8. The van der Waals surface area contributed by atoms with Crippen molar-refractivity contribution in [3.05, 3.63) is 46.3 Å². The minimum Gasteiger partial charge on any atom is -0.453 e. The third kappa shape index (κ3) is 5.48. The number of aliphatic hydroxyl groups excluding tert-OH is 1. The number of nitrogens with zero attached hydrogens (tertiary/aromatic N) is 3. The van der Waals surface area contributed by atoms with Gasteiger partial charge in [0, 0.05) is 17.9 Å². The number of esters is 1. The third-order valence-electron chi connectivity index (χ3n) is 6.53. The molecular weight excluding hydrogens is 430 g/mol. The van der Waals surface area contributed by atoms with Gasteiger partial charge in [0.2, 0.25) is 0 Å². The molecule has 0 bridgehead atoms. The first-order chi connectivity index (χ1) is 15.8. The Bertz CT molecular complexity index is 835. The van der Waals surface area contributed by atoms with Crippen molar-refractivity contribution >= 4 is 5.97 Å². The lowest BCUT2D eigenvalue weighted by atomic mass is 9.87. The highest BCUT2D eigenvalue weighted by Crippen LogP contribution is 2.36. The van der Waals surface area contributed by atoms with Gasteiger partial charge in [0.1, 0.15) is 0 Å². The van der Waals surface area contributed by atoms with E-state index in [4.69, 9.17) is 29.2 Å². The number of azide groups is 1. The molecular formula is C23H33N3O7. The van der Waals surface area contributed by atoms with Gasteiger partial charge in [-0.1, -0.05) is 44.1 Å². The second kappa shape index (κ2) is 11.3. The number of hydrogen-bond donors (Lipinski definition) is 1. The number of aliphatic hydroxyl groups is 1. The van der Waals surface area contributed by atoms with Gasteiger partial charge in [-0.25, -0.2) is 4.79 Å². The minimum absolute atomic E-state index is 0.268. The zero-order chi connectivity index (χ0) is 24.1. The lowest BCUT2D eigenvalue weighted by Crippen LogP contribution is -2.59. The van der Waals surface area contributed by atoms with Gasteiger partial charge in [-0.2, -0.15) is 0 Å². The summed E-state index contributed by atoms with van der Waals surface area (Å²) in [4.78, 5) is 15.7. The molecule has 33 heavy (non-hydrogen) atoms. The van der Waals surface area contributed by atoms with Crippen molar-refractivity contribution in [3.63, 3.8) is 0 Å². The zero-order valence-electron chi connectivity index (χ0n) is 19.6. The molecule has 0 amide bonds. The molecule has 3 rings (SSSR count). The van der Waals surface area contributed by atoms with Gasteiger partial charge in [-0.05, 0) is 36.9 Å². The summed E-state index contributed by atoms with van der Waals surface area (Å²) in [6, 6.07) is 8.01. The average molecular weight is 464 g/mol. The van der Waals surface area contributed by atoms with Gasteiger partial charge in [-0.3, -0.25) is 0 Å². The molecule has 10 nitrogen and oxygen atoms in total. The van der Waals surface area contributed by atoms with Gasteiger partial charge in [0.25, 0.3) is 0 Å². The minimum atomic E-state index is -0.943. The van der Waals surface area contributed by atoms with Gasteiger partial charge < -0.3 is 28.8 Å². The lowest BCUT2D eigenvalue weighted by molar-refractivity contribution is -0.326. The average Bonchev–Trinajstić information content (AvgIpc) is 2.83.